The summed E-state index contributed by atoms with van der Waals surface area (Å²) in [6.07, 6.45) is 7.80. The number of nitrogens with two attached hydrogens (primary N) is 1. The fourth-order valence-electron chi connectivity index (χ4n) is 3.80. The van der Waals surface area contributed by atoms with Gasteiger partial charge in [0.25, 0.3) is 0 Å². The lowest BCUT2D eigenvalue weighted by molar-refractivity contribution is 0.198. The highest BCUT2D eigenvalue weighted by atomic mass is 15.4. The standard InChI is InChI=1S/C18H21N11/c19-4-3-18(29-10-13(6-20)7-23-29)11-27(12-18)15-2-1-5-28-16(15)25-17(26-28)24-14-8-21-22-9-14/h1-2,5,7-8,10,21-22H,3,6,9,11-12,20H2,(H,24,26). The average Bonchev–Trinajstić information content (AvgIpc) is 3.44. The zero-order valence-corrected chi connectivity index (χ0v) is 15.7. The Bertz CT molecular complexity index is 1110. The number of hydrazine groups is 1. The Labute approximate surface area is 166 Å². The molecule has 0 aromatic carbocycles. The molecule has 29 heavy (non-hydrogen) atoms. The van der Waals surface area contributed by atoms with Gasteiger partial charge in [-0.2, -0.15) is 15.3 Å². The minimum atomic E-state index is -0.359. The van der Waals surface area contributed by atoms with E-state index in [1.54, 1.807) is 10.7 Å². The molecule has 3 aromatic heterocycles. The highest BCUT2D eigenvalue weighted by Gasteiger charge is 2.46. The van der Waals surface area contributed by atoms with Gasteiger partial charge < -0.3 is 21.4 Å². The Morgan fingerprint density at radius 1 is 1.38 bits per heavy atom. The third-order valence-corrected chi connectivity index (χ3v) is 5.32. The molecule has 3 aromatic rings. The van der Waals surface area contributed by atoms with Crippen molar-refractivity contribution in [3.63, 3.8) is 0 Å². The summed E-state index contributed by atoms with van der Waals surface area (Å²) in [6, 6.07) is 6.28. The summed E-state index contributed by atoms with van der Waals surface area (Å²) in [5.41, 5.74) is 15.0. The van der Waals surface area contributed by atoms with E-state index in [1.165, 1.54) is 0 Å². The van der Waals surface area contributed by atoms with Crippen LogP contribution in [0.3, 0.4) is 0 Å². The Morgan fingerprint density at radius 3 is 3.00 bits per heavy atom. The molecular weight excluding hydrogens is 370 g/mol. The molecule has 0 atom stereocenters. The van der Waals surface area contributed by atoms with Gasteiger partial charge in [-0.15, -0.1) is 5.10 Å². The van der Waals surface area contributed by atoms with Crippen LogP contribution >= 0.6 is 0 Å². The van der Waals surface area contributed by atoms with Gasteiger partial charge in [0.1, 0.15) is 5.54 Å². The van der Waals surface area contributed by atoms with Crippen molar-refractivity contribution in [3.8, 4) is 6.07 Å². The van der Waals surface area contributed by atoms with Crippen LogP contribution in [0.5, 0.6) is 0 Å². The molecule has 0 amide bonds. The predicted molar refractivity (Wildman–Crippen MR) is 106 cm³/mol. The molecular formula is C18H21N11. The maximum atomic E-state index is 9.38. The van der Waals surface area contributed by atoms with Crippen molar-refractivity contribution < 1.29 is 0 Å². The third kappa shape index (κ3) is 2.95. The van der Waals surface area contributed by atoms with Gasteiger partial charge in [-0.3, -0.25) is 4.68 Å². The smallest absolute Gasteiger partial charge is 0.247 e. The Balaban J connectivity index is 1.41. The van der Waals surface area contributed by atoms with Crippen molar-refractivity contribution >= 4 is 17.3 Å². The molecule has 0 spiro atoms. The van der Waals surface area contributed by atoms with Crippen molar-refractivity contribution in [2.75, 3.05) is 29.9 Å². The summed E-state index contributed by atoms with van der Waals surface area (Å²) < 4.78 is 3.65. The van der Waals surface area contributed by atoms with Gasteiger partial charge >= 0.3 is 0 Å². The molecule has 5 rings (SSSR count). The number of aromatic nitrogens is 5. The number of nitrogens with one attached hydrogen (secondary N) is 3. The minimum absolute atomic E-state index is 0.359. The molecule has 148 valence electrons. The van der Waals surface area contributed by atoms with Gasteiger partial charge in [0, 0.05) is 43.8 Å². The number of hydrogen-bond donors (Lipinski definition) is 4. The fourth-order valence-corrected chi connectivity index (χ4v) is 3.80. The zero-order chi connectivity index (χ0) is 19.8. The molecule has 0 radical (unpaired) electrons. The second-order valence-corrected chi connectivity index (χ2v) is 7.30. The van der Waals surface area contributed by atoms with Crippen LogP contribution in [-0.4, -0.2) is 44.0 Å². The molecule has 11 heteroatoms. The van der Waals surface area contributed by atoms with E-state index in [0.29, 0.717) is 38.5 Å². The summed E-state index contributed by atoms with van der Waals surface area (Å²) in [5.74, 6) is 0.540. The molecule has 1 saturated heterocycles. The summed E-state index contributed by atoms with van der Waals surface area (Å²) >= 11 is 0. The molecule has 0 unspecified atom stereocenters. The van der Waals surface area contributed by atoms with Crippen molar-refractivity contribution in [3.05, 3.63) is 48.2 Å². The zero-order valence-electron chi connectivity index (χ0n) is 15.7. The van der Waals surface area contributed by atoms with Gasteiger partial charge in [-0.25, -0.2) is 9.94 Å². The normalized spacial score (nSPS) is 17.5. The van der Waals surface area contributed by atoms with E-state index >= 15 is 0 Å². The number of fused-ring (bicyclic) bond motifs is 1. The van der Waals surface area contributed by atoms with E-state index in [-0.39, 0.29) is 5.54 Å². The van der Waals surface area contributed by atoms with Gasteiger partial charge in [0.05, 0.1) is 36.6 Å². The first-order valence-electron chi connectivity index (χ1n) is 9.37. The Kier molecular flexibility index (Phi) is 4.08. The van der Waals surface area contributed by atoms with Crippen molar-refractivity contribution in [2.24, 2.45) is 5.73 Å². The van der Waals surface area contributed by atoms with Crippen molar-refractivity contribution in [1.82, 2.24) is 35.2 Å². The Hall–Kier alpha value is -3.62. The molecule has 2 aliphatic heterocycles. The van der Waals surface area contributed by atoms with Crippen LogP contribution < -0.4 is 26.8 Å². The van der Waals surface area contributed by atoms with Gasteiger partial charge in [-0.05, 0) is 12.1 Å². The lowest BCUT2D eigenvalue weighted by atomic mass is 9.86. The van der Waals surface area contributed by atoms with E-state index in [9.17, 15) is 5.26 Å². The first-order chi connectivity index (χ1) is 14.2. The highest BCUT2D eigenvalue weighted by Crippen LogP contribution is 2.37. The van der Waals surface area contributed by atoms with Crippen molar-refractivity contribution in [2.45, 2.75) is 18.5 Å². The quantitative estimate of drug-likeness (QED) is 0.453. The molecule has 1 fully saturated rings. The summed E-state index contributed by atoms with van der Waals surface area (Å²) in [5, 5.41) is 21.5. The van der Waals surface area contributed by atoms with Gasteiger partial charge in [0.15, 0.2) is 5.65 Å². The van der Waals surface area contributed by atoms with Crippen LogP contribution in [0.2, 0.25) is 0 Å². The van der Waals surface area contributed by atoms with Crippen LogP contribution in [0.4, 0.5) is 11.6 Å². The maximum absolute atomic E-state index is 9.38. The molecule has 5 N–H and O–H groups in total. The van der Waals surface area contributed by atoms with E-state index in [2.05, 4.69) is 42.3 Å². The molecule has 0 aliphatic carbocycles. The molecule has 2 aliphatic rings. The molecule has 5 heterocycles. The SMILES string of the molecule is N#CCC1(n2cc(CN)cn2)CN(c2cccn3nc(NC4=CNNC4)nc23)C1. The minimum Gasteiger partial charge on any atom is -0.363 e. The van der Waals surface area contributed by atoms with Crippen LogP contribution in [-0.2, 0) is 12.1 Å². The first-order valence-corrected chi connectivity index (χ1v) is 9.37. The lowest BCUT2D eigenvalue weighted by Crippen LogP contribution is -2.63. The molecule has 0 bridgehead atoms. The average molecular weight is 391 g/mol. The van der Waals surface area contributed by atoms with E-state index in [1.807, 2.05) is 35.4 Å². The number of anilines is 2. The number of hydrogen-bond acceptors (Lipinski definition) is 9. The van der Waals surface area contributed by atoms with E-state index in [0.717, 1.165) is 22.6 Å². The van der Waals surface area contributed by atoms with E-state index < -0.39 is 0 Å². The third-order valence-electron chi connectivity index (χ3n) is 5.32. The maximum Gasteiger partial charge on any atom is 0.247 e. The number of rotatable bonds is 6. The molecule has 0 saturated carbocycles. The second kappa shape index (κ2) is 6.77. The van der Waals surface area contributed by atoms with E-state index in [4.69, 9.17) is 5.73 Å². The summed E-state index contributed by atoms with van der Waals surface area (Å²) in [7, 11) is 0. The number of nitriles is 1. The van der Waals surface area contributed by atoms with Crippen LogP contribution in [0.25, 0.3) is 5.65 Å². The largest absolute Gasteiger partial charge is 0.363 e. The van der Waals surface area contributed by atoms with Crippen LogP contribution in [0, 0.1) is 11.3 Å². The van der Waals surface area contributed by atoms with Crippen LogP contribution in [0.15, 0.2) is 42.6 Å². The lowest BCUT2D eigenvalue weighted by Gasteiger charge is -2.50. The molecule has 11 nitrogen and oxygen atoms in total. The number of nitrogens with zero attached hydrogens (tertiary/aromatic N) is 7. The summed E-state index contributed by atoms with van der Waals surface area (Å²) in [6.45, 7) is 2.45. The van der Waals surface area contributed by atoms with Crippen LogP contribution in [0.1, 0.15) is 12.0 Å². The Morgan fingerprint density at radius 2 is 2.28 bits per heavy atom. The van der Waals surface area contributed by atoms with Gasteiger partial charge in [0.2, 0.25) is 5.95 Å². The topological polar surface area (TPSA) is 137 Å². The second-order valence-electron chi connectivity index (χ2n) is 7.30. The highest BCUT2D eigenvalue weighted by molar-refractivity contribution is 5.71. The first kappa shape index (κ1) is 17.5. The monoisotopic (exact) mass is 391 g/mol. The van der Waals surface area contributed by atoms with Gasteiger partial charge in [-0.1, -0.05) is 0 Å². The predicted octanol–water partition coefficient (Wildman–Crippen LogP) is -0.125. The summed E-state index contributed by atoms with van der Waals surface area (Å²) in [4.78, 5) is 6.86. The fraction of sp³-hybridized carbons (Fsp3) is 0.333. The van der Waals surface area contributed by atoms with Crippen molar-refractivity contribution in [1.29, 1.82) is 5.26 Å². The number of pyridine rings is 1.